The molecule has 0 N–H and O–H groups in total. The van der Waals surface area contributed by atoms with Crippen LogP contribution in [-0.2, 0) is 9.53 Å². The molecule has 1 aliphatic heterocycles. The van der Waals surface area contributed by atoms with Gasteiger partial charge < -0.3 is 9.64 Å². The van der Waals surface area contributed by atoms with Crippen molar-refractivity contribution in [2.45, 2.75) is 6.42 Å². The fraction of sp³-hybridized carbons (Fsp3) is 0.250. The van der Waals surface area contributed by atoms with Gasteiger partial charge in [-0.2, -0.15) is 0 Å². The Morgan fingerprint density at radius 2 is 1.92 bits per heavy atom. The minimum absolute atomic E-state index is 0.0250. The Balaban J connectivity index is 1.76. The van der Waals surface area contributed by atoms with Gasteiger partial charge in [-0.15, -0.1) is 0 Å². The minimum atomic E-state index is -0.0250. The summed E-state index contributed by atoms with van der Waals surface area (Å²) in [5.41, 5.74) is 1.86. The van der Waals surface area contributed by atoms with E-state index in [-0.39, 0.29) is 5.91 Å². The number of carbonyl (C=O) groups is 1. The van der Waals surface area contributed by atoms with Gasteiger partial charge >= 0.3 is 0 Å². The quantitative estimate of drug-likeness (QED) is 0.753. The third kappa shape index (κ3) is 4.47. The molecule has 1 unspecified atom stereocenters. The van der Waals surface area contributed by atoms with E-state index in [1.807, 2.05) is 65.6 Å². The number of anilines is 1. The molecule has 0 spiro atoms. The lowest BCUT2D eigenvalue weighted by molar-refractivity contribution is -0.114. The normalized spacial score (nSPS) is 17.3. The van der Waals surface area contributed by atoms with Crippen LogP contribution in [0.4, 0.5) is 5.69 Å². The van der Waals surface area contributed by atoms with Gasteiger partial charge in [0.2, 0.25) is 0 Å². The van der Waals surface area contributed by atoms with E-state index in [0.717, 1.165) is 30.9 Å². The number of hydrogen-bond donors (Lipinski definition) is 0. The van der Waals surface area contributed by atoms with E-state index in [1.54, 1.807) is 6.08 Å². The van der Waals surface area contributed by atoms with Crippen molar-refractivity contribution in [2.24, 2.45) is 5.92 Å². The molecule has 2 aromatic carbocycles. The van der Waals surface area contributed by atoms with Crippen molar-refractivity contribution in [3.8, 4) is 0 Å². The van der Waals surface area contributed by atoms with Gasteiger partial charge in [0.15, 0.2) is 0 Å². The molecule has 0 aliphatic carbocycles. The molecule has 3 rings (SSSR count). The van der Waals surface area contributed by atoms with Crippen LogP contribution >= 0.6 is 11.6 Å². The van der Waals surface area contributed by atoms with Crippen molar-refractivity contribution in [2.75, 3.05) is 24.7 Å². The molecule has 0 bridgehead atoms. The average Bonchev–Trinajstić information content (AvgIpc) is 3.13. The van der Waals surface area contributed by atoms with Gasteiger partial charge in [0, 0.05) is 35.9 Å². The fourth-order valence-electron chi connectivity index (χ4n) is 2.75. The van der Waals surface area contributed by atoms with Crippen LogP contribution in [0.2, 0.25) is 5.02 Å². The summed E-state index contributed by atoms with van der Waals surface area (Å²) in [6, 6.07) is 17.2. The molecule has 3 nitrogen and oxygen atoms in total. The Hall–Kier alpha value is -2.10. The number of carbonyl (C=O) groups excluding carboxylic acids is 1. The lowest BCUT2D eigenvalue weighted by atomic mass is 10.1. The number of para-hydroxylation sites is 1. The molecule has 1 saturated heterocycles. The third-order valence-corrected chi connectivity index (χ3v) is 4.34. The zero-order valence-electron chi connectivity index (χ0n) is 13.4. The van der Waals surface area contributed by atoms with Gasteiger partial charge in [0.25, 0.3) is 5.91 Å². The Kier molecular flexibility index (Phi) is 5.68. The van der Waals surface area contributed by atoms with Crippen LogP contribution in [0, 0.1) is 5.92 Å². The van der Waals surface area contributed by atoms with Crippen LogP contribution in [0.15, 0.2) is 60.7 Å². The van der Waals surface area contributed by atoms with Gasteiger partial charge in [-0.25, -0.2) is 0 Å². The van der Waals surface area contributed by atoms with E-state index >= 15 is 0 Å². The first-order valence-corrected chi connectivity index (χ1v) is 8.48. The van der Waals surface area contributed by atoms with E-state index < -0.39 is 0 Å². The topological polar surface area (TPSA) is 29.5 Å². The highest BCUT2D eigenvalue weighted by molar-refractivity contribution is 6.30. The largest absolute Gasteiger partial charge is 0.381 e. The first-order chi connectivity index (χ1) is 11.7. The summed E-state index contributed by atoms with van der Waals surface area (Å²) in [6.07, 6.45) is 4.43. The zero-order chi connectivity index (χ0) is 16.8. The second kappa shape index (κ2) is 8.13. The van der Waals surface area contributed by atoms with E-state index in [2.05, 4.69) is 0 Å². The van der Waals surface area contributed by atoms with Crippen molar-refractivity contribution < 1.29 is 9.53 Å². The number of hydrogen-bond acceptors (Lipinski definition) is 2. The predicted molar refractivity (Wildman–Crippen MR) is 98.2 cm³/mol. The van der Waals surface area contributed by atoms with Crippen molar-refractivity contribution in [3.05, 3.63) is 71.3 Å². The Morgan fingerprint density at radius 1 is 1.17 bits per heavy atom. The second-order valence-electron chi connectivity index (χ2n) is 5.90. The number of ether oxygens (including phenoxy) is 1. The monoisotopic (exact) mass is 341 g/mol. The van der Waals surface area contributed by atoms with E-state index in [0.29, 0.717) is 17.5 Å². The Morgan fingerprint density at radius 3 is 2.58 bits per heavy atom. The van der Waals surface area contributed by atoms with Gasteiger partial charge in [0.1, 0.15) is 0 Å². The average molecular weight is 342 g/mol. The highest BCUT2D eigenvalue weighted by Crippen LogP contribution is 2.20. The van der Waals surface area contributed by atoms with E-state index in [1.165, 1.54) is 0 Å². The van der Waals surface area contributed by atoms with Crippen molar-refractivity contribution in [1.29, 1.82) is 0 Å². The summed E-state index contributed by atoms with van der Waals surface area (Å²) in [7, 11) is 0. The maximum Gasteiger partial charge on any atom is 0.250 e. The summed E-state index contributed by atoms with van der Waals surface area (Å²) < 4.78 is 5.45. The molecule has 124 valence electrons. The molecular formula is C20H20ClNO2. The molecule has 1 atom stereocenters. The molecule has 1 amide bonds. The predicted octanol–water partition coefficient (Wildman–Crippen LogP) is 4.42. The van der Waals surface area contributed by atoms with Crippen LogP contribution in [0.5, 0.6) is 0 Å². The maximum absolute atomic E-state index is 12.7. The first kappa shape index (κ1) is 16.7. The standard InChI is InChI=1S/C20H20ClNO2/c21-18-9-6-16(7-10-18)8-11-20(23)22(14-17-12-13-24-15-17)19-4-2-1-3-5-19/h1-11,17H,12-15H2/b11-8+. The molecule has 0 saturated carbocycles. The fourth-order valence-corrected chi connectivity index (χ4v) is 2.87. The molecule has 2 aromatic rings. The van der Waals surface area contributed by atoms with Gasteiger partial charge in [-0.3, -0.25) is 4.79 Å². The summed E-state index contributed by atoms with van der Waals surface area (Å²) in [4.78, 5) is 14.6. The number of halogens is 1. The molecule has 24 heavy (non-hydrogen) atoms. The van der Waals surface area contributed by atoms with Gasteiger partial charge in [-0.05, 0) is 42.3 Å². The second-order valence-corrected chi connectivity index (χ2v) is 6.34. The Bertz CT molecular complexity index is 691. The van der Waals surface area contributed by atoms with E-state index in [4.69, 9.17) is 16.3 Å². The van der Waals surface area contributed by atoms with Crippen LogP contribution in [0.1, 0.15) is 12.0 Å². The Labute approximate surface area is 147 Å². The number of benzene rings is 2. The number of nitrogens with zero attached hydrogens (tertiary/aromatic N) is 1. The molecular weight excluding hydrogens is 322 g/mol. The number of rotatable bonds is 5. The molecule has 1 aliphatic rings. The maximum atomic E-state index is 12.7. The van der Waals surface area contributed by atoms with Gasteiger partial charge in [-0.1, -0.05) is 41.9 Å². The number of amides is 1. The molecule has 1 fully saturated rings. The SMILES string of the molecule is O=C(/C=C/c1ccc(Cl)cc1)N(CC1CCOC1)c1ccccc1. The zero-order valence-corrected chi connectivity index (χ0v) is 14.2. The highest BCUT2D eigenvalue weighted by atomic mass is 35.5. The third-order valence-electron chi connectivity index (χ3n) is 4.09. The lowest BCUT2D eigenvalue weighted by Gasteiger charge is -2.24. The molecule has 1 heterocycles. The summed E-state index contributed by atoms with van der Waals surface area (Å²) in [5.74, 6) is 0.362. The van der Waals surface area contributed by atoms with Gasteiger partial charge in [0.05, 0.1) is 6.61 Å². The van der Waals surface area contributed by atoms with Crippen LogP contribution in [-0.4, -0.2) is 25.7 Å². The smallest absolute Gasteiger partial charge is 0.250 e. The summed E-state index contributed by atoms with van der Waals surface area (Å²) in [6.45, 7) is 2.17. The van der Waals surface area contributed by atoms with Crippen molar-refractivity contribution in [1.82, 2.24) is 0 Å². The highest BCUT2D eigenvalue weighted by Gasteiger charge is 2.22. The molecule has 0 aromatic heterocycles. The molecule has 4 heteroatoms. The van der Waals surface area contributed by atoms with Crippen LogP contribution in [0.25, 0.3) is 6.08 Å². The lowest BCUT2D eigenvalue weighted by Crippen LogP contribution is -2.34. The minimum Gasteiger partial charge on any atom is -0.381 e. The van der Waals surface area contributed by atoms with Crippen LogP contribution in [0.3, 0.4) is 0 Å². The van der Waals surface area contributed by atoms with Crippen molar-refractivity contribution >= 4 is 29.3 Å². The summed E-state index contributed by atoms with van der Waals surface area (Å²) in [5, 5.41) is 0.686. The van der Waals surface area contributed by atoms with Crippen molar-refractivity contribution in [3.63, 3.8) is 0 Å². The van der Waals surface area contributed by atoms with E-state index in [9.17, 15) is 4.79 Å². The first-order valence-electron chi connectivity index (χ1n) is 8.10. The summed E-state index contributed by atoms with van der Waals surface area (Å²) >= 11 is 5.89. The van der Waals surface area contributed by atoms with Crippen LogP contribution < -0.4 is 4.90 Å². The molecule has 0 radical (unpaired) electrons.